The second kappa shape index (κ2) is 6.88. The summed E-state index contributed by atoms with van der Waals surface area (Å²) in [5.74, 6) is -0.577. The quantitative estimate of drug-likeness (QED) is 0.655. The lowest BCUT2D eigenvalue weighted by Gasteiger charge is -2.32. The van der Waals surface area contributed by atoms with Crippen LogP contribution in [-0.2, 0) is 9.47 Å². The fourth-order valence-corrected chi connectivity index (χ4v) is 3.94. The zero-order valence-electron chi connectivity index (χ0n) is 15.8. The Balaban J connectivity index is 1.96. The number of morpholine rings is 1. The molecule has 0 bridgehead atoms. The Hall–Kier alpha value is -2.54. The summed E-state index contributed by atoms with van der Waals surface area (Å²) < 4.78 is 12.6. The van der Waals surface area contributed by atoms with E-state index in [0.717, 1.165) is 42.7 Å². The summed E-state index contributed by atoms with van der Waals surface area (Å²) in [6.07, 6.45) is 3.75. The van der Waals surface area contributed by atoms with Crippen molar-refractivity contribution in [2.75, 3.05) is 43.5 Å². The van der Waals surface area contributed by atoms with Crippen LogP contribution in [0.2, 0.25) is 0 Å². The molecule has 0 spiro atoms. The third kappa shape index (κ3) is 3.06. The molecular formula is C20H25N3O4. The lowest BCUT2D eigenvalue weighted by Crippen LogP contribution is -2.37. The Morgan fingerprint density at radius 1 is 1.33 bits per heavy atom. The van der Waals surface area contributed by atoms with Crippen molar-refractivity contribution in [2.45, 2.75) is 32.7 Å². The van der Waals surface area contributed by atoms with Gasteiger partial charge in [-0.2, -0.15) is 0 Å². The maximum atomic E-state index is 13.0. The number of aryl methyl sites for hydroxylation is 1. The summed E-state index contributed by atoms with van der Waals surface area (Å²) >= 11 is 0. The molecule has 0 amide bonds. The molecule has 1 aliphatic carbocycles. The highest BCUT2D eigenvalue weighted by atomic mass is 16.5. The molecule has 2 aromatic rings. The fraction of sp³-hybridized carbons (Fsp3) is 0.500. The van der Waals surface area contributed by atoms with Gasteiger partial charge in [-0.1, -0.05) is 0 Å². The van der Waals surface area contributed by atoms with Gasteiger partial charge in [0.25, 0.3) is 0 Å². The first-order valence-electron chi connectivity index (χ1n) is 9.50. The Kier molecular flexibility index (Phi) is 4.55. The van der Waals surface area contributed by atoms with Crippen molar-refractivity contribution in [3.05, 3.63) is 33.6 Å². The number of carbonyl (C=O) groups is 1. The number of anilines is 2. The molecule has 2 aliphatic rings. The van der Waals surface area contributed by atoms with Crippen LogP contribution in [0, 0.1) is 6.92 Å². The number of rotatable bonds is 4. The van der Waals surface area contributed by atoms with Gasteiger partial charge in [-0.05, 0) is 38.3 Å². The molecule has 27 heavy (non-hydrogen) atoms. The maximum absolute atomic E-state index is 13.0. The van der Waals surface area contributed by atoms with Crippen LogP contribution in [0.25, 0.3) is 10.9 Å². The van der Waals surface area contributed by atoms with Gasteiger partial charge in [0.05, 0.1) is 36.7 Å². The van der Waals surface area contributed by atoms with E-state index in [-0.39, 0.29) is 17.6 Å². The van der Waals surface area contributed by atoms with Gasteiger partial charge in [0, 0.05) is 30.7 Å². The molecule has 1 aromatic heterocycles. The molecule has 4 rings (SSSR count). The Morgan fingerprint density at radius 2 is 2.04 bits per heavy atom. The van der Waals surface area contributed by atoms with Crippen molar-refractivity contribution >= 4 is 28.2 Å². The number of carbonyl (C=O) groups excluding carboxylic acids is 1. The van der Waals surface area contributed by atoms with Gasteiger partial charge in [0.15, 0.2) is 0 Å². The molecule has 144 valence electrons. The van der Waals surface area contributed by atoms with Crippen molar-refractivity contribution in [1.29, 1.82) is 0 Å². The number of benzene rings is 1. The summed E-state index contributed by atoms with van der Waals surface area (Å²) in [5, 5.41) is 0.486. The van der Waals surface area contributed by atoms with Crippen LogP contribution in [0.4, 0.5) is 11.4 Å². The minimum Gasteiger partial charge on any atom is -0.462 e. The van der Waals surface area contributed by atoms with Gasteiger partial charge in [0.2, 0.25) is 5.43 Å². The molecule has 0 radical (unpaired) electrons. The maximum Gasteiger partial charge on any atom is 0.343 e. The number of ether oxygens (including phenoxy) is 2. The molecule has 2 heterocycles. The van der Waals surface area contributed by atoms with Crippen molar-refractivity contribution < 1.29 is 14.3 Å². The number of nitrogens with zero attached hydrogens (tertiary/aromatic N) is 2. The molecule has 2 N–H and O–H groups in total. The molecule has 0 atom stereocenters. The van der Waals surface area contributed by atoms with E-state index in [1.54, 1.807) is 19.2 Å². The zero-order valence-corrected chi connectivity index (χ0v) is 15.8. The topological polar surface area (TPSA) is 86.8 Å². The van der Waals surface area contributed by atoms with E-state index in [1.165, 1.54) is 0 Å². The summed E-state index contributed by atoms with van der Waals surface area (Å²) in [6, 6.07) is 2.03. The summed E-state index contributed by atoms with van der Waals surface area (Å²) in [7, 11) is 0. The minimum atomic E-state index is -0.577. The number of esters is 1. The second-order valence-corrected chi connectivity index (χ2v) is 7.17. The Morgan fingerprint density at radius 3 is 2.67 bits per heavy atom. The van der Waals surface area contributed by atoms with Gasteiger partial charge in [-0.15, -0.1) is 0 Å². The van der Waals surface area contributed by atoms with Crippen LogP contribution in [0.5, 0.6) is 0 Å². The average Bonchev–Trinajstić information content (AvgIpc) is 3.49. The van der Waals surface area contributed by atoms with Crippen LogP contribution < -0.4 is 16.1 Å². The van der Waals surface area contributed by atoms with E-state index in [2.05, 4.69) is 9.47 Å². The smallest absolute Gasteiger partial charge is 0.343 e. The highest BCUT2D eigenvalue weighted by molar-refractivity contribution is 5.98. The second-order valence-electron chi connectivity index (χ2n) is 7.17. The highest BCUT2D eigenvalue weighted by Gasteiger charge is 2.29. The minimum absolute atomic E-state index is 0.0779. The Labute approximate surface area is 157 Å². The molecule has 0 unspecified atom stereocenters. The summed E-state index contributed by atoms with van der Waals surface area (Å²) in [5.41, 5.74) is 9.49. The summed E-state index contributed by atoms with van der Waals surface area (Å²) in [6.45, 7) is 6.83. The lowest BCUT2D eigenvalue weighted by atomic mass is 10.0. The van der Waals surface area contributed by atoms with Crippen molar-refractivity contribution in [1.82, 2.24) is 4.57 Å². The standard InChI is InChI=1S/C20H25N3O4/c1-3-27-20(25)15-11-23(13-4-5-13)17-12(2)18(22-6-8-26-9-7-22)16(21)10-14(17)19(15)24/h10-11,13H,3-9,21H2,1-2H3. The van der Waals surface area contributed by atoms with E-state index >= 15 is 0 Å². The largest absolute Gasteiger partial charge is 0.462 e. The predicted molar refractivity (Wildman–Crippen MR) is 105 cm³/mol. The van der Waals surface area contributed by atoms with Gasteiger partial charge < -0.3 is 24.7 Å². The number of nitrogens with two attached hydrogens (primary N) is 1. The number of fused-ring (bicyclic) bond motifs is 1. The third-order valence-electron chi connectivity index (χ3n) is 5.32. The number of aromatic nitrogens is 1. The monoisotopic (exact) mass is 371 g/mol. The molecule has 7 nitrogen and oxygen atoms in total. The SMILES string of the molecule is CCOC(=O)c1cn(C2CC2)c2c(C)c(N3CCOCC3)c(N)cc2c1=O. The van der Waals surface area contributed by atoms with E-state index < -0.39 is 5.97 Å². The number of nitrogen functional groups attached to an aromatic ring is 1. The fourth-order valence-electron chi connectivity index (χ4n) is 3.94. The van der Waals surface area contributed by atoms with Gasteiger partial charge in [-0.3, -0.25) is 4.79 Å². The highest BCUT2D eigenvalue weighted by Crippen LogP contribution is 2.41. The van der Waals surface area contributed by atoms with Gasteiger partial charge in [0.1, 0.15) is 5.56 Å². The van der Waals surface area contributed by atoms with Crippen molar-refractivity contribution in [3.8, 4) is 0 Å². The number of hydrogen-bond acceptors (Lipinski definition) is 6. The van der Waals surface area contributed by atoms with Gasteiger partial charge in [-0.25, -0.2) is 4.79 Å². The van der Waals surface area contributed by atoms with E-state index in [1.807, 2.05) is 6.92 Å². The van der Waals surface area contributed by atoms with Crippen LogP contribution in [-0.4, -0.2) is 43.4 Å². The van der Waals surface area contributed by atoms with Crippen LogP contribution in [0.1, 0.15) is 41.7 Å². The average molecular weight is 371 g/mol. The molecule has 1 saturated carbocycles. The molecule has 1 saturated heterocycles. The van der Waals surface area contributed by atoms with Crippen molar-refractivity contribution in [3.63, 3.8) is 0 Å². The van der Waals surface area contributed by atoms with E-state index in [0.29, 0.717) is 30.3 Å². The first-order chi connectivity index (χ1) is 13.0. The summed E-state index contributed by atoms with van der Waals surface area (Å²) in [4.78, 5) is 27.5. The predicted octanol–water partition coefficient (Wildman–Crippen LogP) is 2.24. The number of pyridine rings is 1. The number of hydrogen-bond donors (Lipinski definition) is 1. The van der Waals surface area contributed by atoms with Crippen molar-refractivity contribution in [2.24, 2.45) is 0 Å². The molecule has 1 aromatic carbocycles. The lowest BCUT2D eigenvalue weighted by molar-refractivity contribution is 0.0524. The first kappa shape index (κ1) is 17.9. The van der Waals surface area contributed by atoms with Crippen LogP contribution in [0.3, 0.4) is 0 Å². The molecular weight excluding hydrogens is 346 g/mol. The normalized spacial score (nSPS) is 17.3. The molecule has 7 heteroatoms. The third-order valence-corrected chi connectivity index (χ3v) is 5.32. The first-order valence-corrected chi connectivity index (χ1v) is 9.50. The molecule has 2 fully saturated rings. The van der Waals surface area contributed by atoms with E-state index in [4.69, 9.17) is 15.2 Å². The van der Waals surface area contributed by atoms with E-state index in [9.17, 15) is 9.59 Å². The molecule has 1 aliphatic heterocycles. The van der Waals surface area contributed by atoms with Crippen LogP contribution >= 0.6 is 0 Å². The Bertz CT molecular complexity index is 956. The van der Waals surface area contributed by atoms with Crippen LogP contribution in [0.15, 0.2) is 17.1 Å². The van der Waals surface area contributed by atoms with Gasteiger partial charge >= 0.3 is 5.97 Å². The zero-order chi connectivity index (χ0) is 19.1.